The largest absolute Gasteiger partial charge is 0.444 e. The van der Waals surface area contributed by atoms with Gasteiger partial charge in [0.2, 0.25) is 0 Å². The second-order valence-electron chi connectivity index (χ2n) is 7.05. The number of aliphatic hydroxyl groups is 1. The molecule has 0 aromatic heterocycles. The first-order valence-corrected chi connectivity index (χ1v) is 9.34. The smallest absolute Gasteiger partial charge is 0.408 e. The number of aryl methyl sites for hydroxylation is 1. The second-order valence-corrected chi connectivity index (χ2v) is 8.37. The quantitative estimate of drug-likeness (QED) is 0.646. The normalized spacial score (nSPS) is 14.1. The molecule has 0 aliphatic carbocycles. The second kappa shape index (κ2) is 9.07. The van der Waals surface area contributed by atoms with Crippen LogP contribution in [0.5, 0.6) is 0 Å². The van der Waals surface area contributed by atoms with Gasteiger partial charge < -0.3 is 15.2 Å². The molecule has 136 valence electrons. The van der Waals surface area contributed by atoms with Crippen molar-refractivity contribution in [2.45, 2.75) is 64.5 Å². The monoisotopic (exact) mass is 419 g/mol. The number of carbonyl (C=O) groups is 1. The lowest BCUT2D eigenvalue weighted by molar-refractivity contribution is 0.0373. The average Bonchev–Trinajstić information content (AvgIpc) is 2.44. The summed E-state index contributed by atoms with van der Waals surface area (Å²) in [5, 5.41) is 13.5. The van der Waals surface area contributed by atoms with Crippen molar-refractivity contribution < 1.29 is 14.6 Å². The number of halogens is 2. The van der Waals surface area contributed by atoms with Gasteiger partial charge in [-0.3, -0.25) is 0 Å². The molecule has 0 unspecified atom stereocenters. The van der Waals surface area contributed by atoms with Crippen LogP contribution in [0.25, 0.3) is 0 Å². The first kappa shape index (κ1) is 21.3. The lowest BCUT2D eigenvalue weighted by Crippen LogP contribution is -2.53. The van der Waals surface area contributed by atoms with Crippen molar-refractivity contribution in [3.63, 3.8) is 0 Å². The summed E-state index contributed by atoms with van der Waals surface area (Å²) >= 11 is 9.65. The van der Waals surface area contributed by atoms with Crippen molar-refractivity contribution in [1.29, 1.82) is 0 Å². The van der Waals surface area contributed by atoms with E-state index in [0.29, 0.717) is 24.3 Å². The van der Waals surface area contributed by atoms with Crippen LogP contribution in [0, 0.1) is 0 Å². The van der Waals surface area contributed by atoms with Crippen LogP contribution in [0.1, 0.15) is 52.5 Å². The zero-order valence-corrected chi connectivity index (χ0v) is 17.1. The molecule has 2 N–H and O–H groups in total. The number of ether oxygens (including phenoxy) is 1. The number of alkyl carbamates (subject to hydrolysis) is 1. The van der Waals surface area contributed by atoms with E-state index in [2.05, 4.69) is 21.2 Å². The summed E-state index contributed by atoms with van der Waals surface area (Å²) in [4.78, 5) is 12.2. The Labute approximate surface area is 158 Å². The summed E-state index contributed by atoms with van der Waals surface area (Å²) in [6.07, 6.45) is 2.23. The van der Waals surface area contributed by atoms with Gasteiger partial charge in [-0.05, 0) is 57.7 Å². The van der Waals surface area contributed by atoms with E-state index in [-0.39, 0.29) is 6.61 Å². The molecule has 0 spiro atoms. The van der Waals surface area contributed by atoms with E-state index in [1.807, 2.05) is 45.9 Å². The highest BCUT2D eigenvalue weighted by Gasteiger charge is 2.32. The predicted molar refractivity (Wildman–Crippen MR) is 102 cm³/mol. The molecular formula is C18H27BrClNO3. The molecule has 6 heteroatoms. The SMILES string of the molecule is CCC[C@@](CO)(CCc1ccc(Br)cc1Cl)NC(=O)OC(C)(C)C. The predicted octanol–water partition coefficient (Wildman–Crippen LogP) is 5.09. The summed E-state index contributed by atoms with van der Waals surface area (Å²) in [5.74, 6) is 0. The third-order valence-corrected chi connectivity index (χ3v) is 4.53. The fourth-order valence-electron chi connectivity index (χ4n) is 2.54. The van der Waals surface area contributed by atoms with E-state index < -0.39 is 17.2 Å². The van der Waals surface area contributed by atoms with Gasteiger partial charge in [0, 0.05) is 9.50 Å². The number of rotatable bonds is 7. The maximum absolute atomic E-state index is 12.2. The summed E-state index contributed by atoms with van der Waals surface area (Å²) in [6, 6.07) is 5.73. The summed E-state index contributed by atoms with van der Waals surface area (Å²) in [6.45, 7) is 7.32. The topological polar surface area (TPSA) is 58.6 Å². The van der Waals surface area contributed by atoms with E-state index in [0.717, 1.165) is 16.5 Å². The van der Waals surface area contributed by atoms with Crippen LogP contribution in [0.4, 0.5) is 4.79 Å². The molecule has 1 amide bonds. The standard InChI is InChI=1S/C18H27BrClNO3/c1-5-9-18(12-22,21-16(23)24-17(2,3)4)10-8-13-6-7-14(19)11-15(13)20/h6-7,11,22H,5,8-10,12H2,1-4H3,(H,21,23)/t18-/m0/s1. The van der Waals surface area contributed by atoms with Gasteiger partial charge in [-0.1, -0.05) is 46.9 Å². The Hall–Kier alpha value is -0.780. The number of nitrogens with one attached hydrogen (secondary N) is 1. The van der Waals surface area contributed by atoms with Crippen molar-refractivity contribution in [2.75, 3.05) is 6.61 Å². The molecule has 0 aliphatic heterocycles. The summed E-state index contributed by atoms with van der Waals surface area (Å²) in [5.41, 5.74) is -0.306. The fourth-order valence-corrected chi connectivity index (χ4v) is 3.31. The minimum Gasteiger partial charge on any atom is -0.444 e. The molecule has 1 aromatic rings. The highest BCUT2D eigenvalue weighted by molar-refractivity contribution is 9.10. The van der Waals surface area contributed by atoms with Crippen LogP contribution >= 0.6 is 27.5 Å². The van der Waals surface area contributed by atoms with Gasteiger partial charge in [0.25, 0.3) is 0 Å². The van der Waals surface area contributed by atoms with Crippen molar-refractivity contribution in [3.8, 4) is 0 Å². The van der Waals surface area contributed by atoms with Gasteiger partial charge in [-0.25, -0.2) is 4.79 Å². The van der Waals surface area contributed by atoms with Gasteiger partial charge in [-0.15, -0.1) is 0 Å². The minimum absolute atomic E-state index is 0.145. The van der Waals surface area contributed by atoms with Crippen LogP contribution in [0.3, 0.4) is 0 Å². The van der Waals surface area contributed by atoms with Crippen molar-refractivity contribution >= 4 is 33.6 Å². The third-order valence-electron chi connectivity index (χ3n) is 3.69. The van der Waals surface area contributed by atoms with E-state index in [9.17, 15) is 9.90 Å². The van der Waals surface area contributed by atoms with Gasteiger partial charge in [-0.2, -0.15) is 0 Å². The Balaban J connectivity index is 2.85. The number of aliphatic hydroxyl groups excluding tert-OH is 1. The lowest BCUT2D eigenvalue weighted by Gasteiger charge is -2.34. The Bertz CT molecular complexity index is 560. The van der Waals surface area contributed by atoms with Gasteiger partial charge >= 0.3 is 6.09 Å². The number of benzene rings is 1. The van der Waals surface area contributed by atoms with E-state index in [1.165, 1.54) is 0 Å². The molecule has 1 aromatic carbocycles. The van der Waals surface area contributed by atoms with Crippen molar-refractivity contribution in [3.05, 3.63) is 33.3 Å². The highest BCUT2D eigenvalue weighted by Crippen LogP contribution is 2.26. The summed E-state index contributed by atoms with van der Waals surface area (Å²) < 4.78 is 6.26. The first-order valence-electron chi connectivity index (χ1n) is 8.17. The Kier molecular flexibility index (Phi) is 8.03. The zero-order valence-electron chi connectivity index (χ0n) is 14.8. The minimum atomic E-state index is -0.715. The first-order chi connectivity index (χ1) is 11.1. The number of carbonyl (C=O) groups excluding carboxylic acids is 1. The molecule has 1 atom stereocenters. The molecule has 24 heavy (non-hydrogen) atoms. The Morgan fingerprint density at radius 2 is 2.00 bits per heavy atom. The molecule has 4 nitrogen and oxygen atoms in total. The number of hydrogen-bond acceptors (Lipinski definition) is 3. The fraction of sp³-hybridized carbons (Fsp3) is 0.611. The van der Waals surface area contributed by atoms with Crippen LogP contribution in [0.15, 0.2) is 22.7 Å². The molecule has 0 bridgehead atoms. The zero-order chi connectivity index (χ0) is 18.4. The van der Waals surface area contributed by atoms with E-state index in [4.69, 9.17) is 16.3 Å². The average molecular weight is 421 g/mol. The van der Waals surface area contributed by atoms with Gasteiger partial charge in [0.05, 0.1) is 12.1 Å². The highest BCUT2D eigenvalue weighted by atomic mass is 79.9. The van der Waals surface area contributed by atoms with Crippen LogP contribution in [-0.2, 0) is 11.2 Å². The van der Waals surface area contributed by atoms with Crippen LogP contribution in [-0.4, -0.2) is 28.9 Å². The third kappa shape index (κ3) is 6.99. The molecule has 1 rings (SSSR count). The number of hydrogen-bond donors (Lipinski definition) is 2. The molecule has 0 fully saturated rings. The summed E-state index contributed by atoms with van der Waals surface area (Å²) in [7, 11) is 0. The van der Waals surface area contributed by atoms with Crippen LogP contribution < -0.4 is 5.32 Å². The van der Waals surface area contributed by atoms with Gasteiger partial charge in [0.1, 0.15) is 5.60 Å². The molecule has 0 heterocycles. The Morgan fingerprint density at radius 1 is 1.33 bits per heavy atom. The molecule has 0 aliphatic rings. The van der Waals surface area contributed by atoms with E-state index >= 15 is 0 Å². The van der Waals surface area contributed by atoms with E-state index in [1.54, 1.807) is 0 Å². The number of amides is 1. The lowest BCUT2D eigenvalue weighted by atomic mass is 9.87. The Morgan fingerprint density at radius 3 is 2.50 bits per heavy atom. The van der Waals surface area contributed by atoms with Crippen molar-refractivity contribution in [2.24, 2.45) is 0 Å². The van der Waals surface area contributed by atoms with Gasteiger partial charge in [0.15, 0.2) is 0 Å². The van der Waals surface area contributed by atoms with Crippen LogP contribution in [0.2, 0.25) is 5.02 Å². The maximum Gasteiger partial charge on any atom is 0.408 e. The maximum atomic E-state index is 12.2. The molecule has 0 saturated heterocycles. The molecule has 0 radical (unpaired) electrons. The van der Waals surface area contributed by atoms with Crippen molar-refractivity contribution in [1.82, 2.24) is 5.32 Å². The molecule has 0 saturated carbocycles. The molecular weight excluding hydrogens is 394 g/mol.